The van der Waals surface area contributed by atoms with E-state index in [1.807, 2.05) is 0 Å². The largest absolute Gasteiger partial charge is 0.306 e. The molecule has 0 saturated heterocycles. The Kier molecular flexibility index (Phi) is 4.84. The Morgan fingerprint density at radius 2 is 1.75 bits per heavy atom. The minimum atomic E-state index is 0.491. The normalized spacial score (nSPS) is 17.0. The third-order valence-electron chi connectivity index (χ3n) is 3.37. The zero-order valence-electron chi connectivity index (χ0n) is 9.65. The van der Waals surface area contributed by atoms with Gasteiger partial charge in [-0.1, -0.05) is 34.6 Å². The summed E-state index contributed by atoms with van der Waals surface area (Å²) in [4.78, 5) is 2.41. The maximum atomic E-state index is 2.41. The van der Waals surface area contributed by atoms with Crippen molar-refractivity contribution in [1.82, 2.24) is 4.90 Å². The summed E-state index contributed by atoms with van der Waals surface area (Å²) in [6.07, 6.45) is 1.27. The topological polar surface area (TPSA) is 3.24 Å². The fraction of sp³-hybridized carbons (Fsp3) is 1.00. The third-order valence-corrected chi connectivity index (χ3v) is 3.37. The lowest BCUT2D eigenvalue weighted by atomic mass is 9.76. The monoisotopic (exact) mass is 171 g/mol. The van der Waals surface area contributed by atoms with Gasteiger partial charge in [-0.2, -0.15) is 0 Å². The fourth-order valence-corrected chi connectivity index (χ4v) is 1.43. The minimum Gasteiger partial charge on any atom is -0.306 e. The second-order valence-corrected chi connectivity index (χ2v) is 4.49. The van der Waals surface area contributed by atoms with Crippen LogP contribution < -0.4 is 0 Å². The van der Waals surface area contributed by atoms with Crippen molar-refractivity contribution in [2.24, 2.45) is 11.3 Å². The van der Waals surface area contributed by atoms with E-state index in [-0.39, 0.29) is 0 Å². The molecule has 0 fully saturated rings. The average Bonchev–Trinajstić information content (AvgIpc) is 2.03. The van der Waals surface area contributed by atoms with E-state index in [1.54, 1.807) is 0 Å². The molecule has 12 heavy (non-hydrogen) atoms. The van der Waals surface area contributed by atoms with Gasteiger partial charge in [0.25, 0.3) is 0 Å². The molecule has 1 heteroatoms. The highest BCUT2D eigenvalue weighted by Gasteiger charge is 2.26. The van der Waals surface area contributed by atoms with Gasteiger partial charge in [0.2, 0.25) is 0 Å². The van der Waals surface area contributed by atoms with Crippen molar-refractivity contribution in [2.45, 2.75) is 41.0 Å². The van der Waals surface area contributed by atoms with Crippen LogP contribution in [0.2, 0.25) is 0 Å². The molecule has 0 radical (unpaired) electrons. The molecule has 0 amide bonds. The van der Waals surface area contributed by atoms with Gasteiger partial charge in [-0.05, 0) is 31.3 Å². The van der Waals surface area contributed by atoms with Gasteiger partial charge in [0.1, 0.15) is 0 Å². The van der Waals surface area contributed by atoms with E-state index in [1.165, 1.54) is 13.0 Å². The van der Waals surface area contributed by atoms with Crippen LogP contribution in [0.3, 0.4) is 0 Å². The molecule has 1 unspecified atom stereocenters. The van der Waals surface area contributed by atoms with E-state index in [4.69, 9.17) is 0 Å². The number of rotatable bonds is 5. The van der Waals surface area contributed by atoms with Gasteiger partial charge in [-0.15, -0.1) is 0 Å². The van der Waals surface area contributed by atoms with E-state index < -0.39 is 0 Å². The van der Waals surface area contributed by atoms with Gasteiger partial charge in [-0.3, -0.25) is 0 Å². The highest BCUT2D eigenvalue weighted by molar-refractivity contribution is 4.78. The van der Waals surface area contributed by atoms with Crippen molar-refractivity contribution < 1.29 is 0 Å². The van der Waals surface area contributed by atoms with Gasteiger partial charge >= 0.3 is 0 Å². The lowest BCUT2D eigenvalue weighted by Gasteiger charge is -2.36. The smallest absolute Gasteiger partial charge is 0.00345 e. The van der Waals surface area contributed by atoms with Crippen LogP contribution in [0.4, 0.5) is 0 Å². The zero-order chi connectivity index (χ0) is 9.78. The van der Waals surface area contributed by atoms with Gasteiger partial charge < -0.3 is 4.90 Å². The summed E-state index contributed by atoms with van der Waals surface area (Å²) in [5.41, 5.74) is 0.491. The van der Waals surface area contributed by atoms with Crippen LogP contribution in [0.5, 0.6) is 0 Å². The standard InChI is InChI=1S/C11H25N/c1-7-11(5,10(3)4)9-12(6)8-2/h10H,7-9H2,1-6H3. The maximum absolute atomic E-state index is 2.41. The lowest BCUT2D eigenvalue weighted by Crippen LogP contribution is -2.36. The summed E-state index contributed by atoms with van der Waals surface area (Å²) < 4.78 is 0. The van der Waals surface area contributed by atoms with Crippen LogP contribution in [0.25, 0.3) is 0 Å². The molecular formula is C11H25N. The second-order valence-electron chi connectivity index (χ2n) is 4.49. The Morgan fingerprint density at radius 3 is 2.00 bits per heavy atom. The molecule has 0 bridgehead atoms. The molecule has 1 atom stereocenters. The number of nitrogens with zero attached hydrogens (tertiary/aromatic N) is 1. The van der Waals surface area contributed by atoms with Crippen LogP contribution in [0.1, 0.15) is 41.0 Å². The molecule has 0 aliphatic rings. The van der Waals surface area contributed by atoms with Gasteiger partial charge in [0, 0.05) is 6.54 Å². The molecule has 0 rings (SSSR count). The van der Waals surface area contributed by atoms with E-state index in [9.17, 15) is 0 Å². The van der Waals surface area contributed by atoms with Crippen molar-refractivity contribution >= 4 is 0 Å². The van der Waals surface area contributed by atoms with Crippen LogP contribution >= 0.6 is 0 Å². The average molecular weight is 171 g/mol. The van der Waals surface area contributed by atoms with Crippen LogP contribution in [-0.2, 0) is 0 Å². The summed E-state index contributed by atoms with van der Waals surface area (Å²) in [5.74, 6) is 0.775. The van der Waals surface area contributed by atoms with Gasteiger partial charge in [0.15, 0.2) is 0 Å². The van der Waals surface area contributed by atoms with Crippen molar-refractivity contribution in [3.05, 3.63) is 0 Å². The van der Waals surface area contributed by atoms with Crippen molar-refractivity contribution in [3.8, 4) is 0 Å². The minimum absolute atomic E-state index is 0.491. The number of hydrogen-bond acceptors (Lipinski definition) is 1. The van der Waals surface area contributed by atoms with Gasteiger partial charge in [0.05, 0.1) is 0 Å². The molecule has 0 aromatic heterocycles. The summed E-state index contributed by atoms with van der Waals surface area (Å²) >= 11 is 0. The molecule has 0 aliphatic carbocycles. The first-order chi connectivity index (χ1) is 5.46. The maximum Gasteiger partial charge on any atom is 0.00345 e. The molecule has 1 nitrogen and oxygen atoms in total. The number of hydrogen-bond donors (Lipinski definition) is 0. The van der Waals surface area contributed by atoms with E-state index >= 15 is 0 Å². The predicted molar refractivity (Wildman–Crippen MR) is 56.4 cm³/mol. The van der Waals surface area contributed by atoms with E-state index in [0.29, 0.717) is 5.41 Å². The fourth-order valence-electron chi connectivity index (χ4n) is 1.43. The molecule has 0 aromatic rings. The Bertz CT molecular complexity index is 120. The van der Waals surface area contributed by atoms with Crippen molar-refractivity contribution in [2.75, 3.05) is 20.1 Å². The molecule has 0 saturated carbocycles. The predicted octanol–water partition coefficient (Wildman–Crippen LogP) is 3.01. The molecular weight excluding hydrogens is 146 g/mol. The quantitative estimate of drug-likeness (QED) is 0.614. The molecule has 0 N–H and O–H groups in total. The van der Waals surface area contributed by atoms with Crippen LogP contribution in [0, 0.1) is 11.3 Å². The summed E-state index contributed by atoms with van der Waals surface area (Å²) in [7, 11) is 2.20. The first-order valence-electron chi connectivity index (χ1n) is 5.14. The Balaban J connectivity index is 4.14. The van der Waals surface area contributed by atoms with Crippen LogP contribution in [0.15, 0.2) is 0 Å². The first-order valence-corrected chi connectivity index (χ1v) is 5.14. The SMILES string of the molecule is CCN(C)CC(C)(CC)C(C)C. The molecule has 0 heterocycles. The Labute approximate surface area is 78.1 Å². The van der Waals surface area contributed by atoms with E-state index in [0.717, 1.165) is 12.5 Å². The van der Waals surface area contributed by atoms with Crippen LogP contribution in [-0.4, -0.2) is 25.0 Å². The molecule has 0 spiro atoms. The molecule has 0 aromatic carbocycles. The van der Waals surface area contributed by atoms with Gasteiger partial charge in [-0.25, -0.2) is 0 Å². The summed E-state index contributed by atoms with van der Waals surface area (Å²) in [6, 6.07) is 0. The summed E-state index contributed by atoms with van der Waals surface area (Å²) in [6.45, 7) is 13.9. The highest BCUT2D eigenvalue weighted by atomic mass is 15.1. The molecule has 0 aliphatic heterocycles. The van der Waals surface area contributed by atoms with Crippen molar-refractivity contribution in [3.63, 3.8) is 0 Å². The lowest BCUT2D eigenvalue weighted by molar-refractivity contribution is 0.134. The van der Waals surface area contributed by atoms with E-state index in [2.05, 4.69) is 46.6 Å². The highest BCUT2D eigenvalue weighted by Crippen LogP contribution is 2.31. The first kappa shape index (κ1) is 12.0. The third kappa shape index (κ3) is 3.14. The second kappa shape index (κ2) is 4.86. The summed E-state index contributed by atoms with van der Waals surface area (Å²) in [5, 5.41) is 0. The zero-order valence-corrected chi connectivity index (χ0v) is 9.65. The Hall–Kier alpha value is -0.0400. The van der Waals surface area contributed by atoms with Crippen molar-refractivity contribution in [1.29, 1.82) is 0 Å². The Morgan fingerprint density at radius 1 is 1.25 bits per heavy atom. The molecule has 74 valence electrons.